The van der Waals surface area contributed by atoms with Crippen molar-refractivity contribution in [1.29, 1.82) is 0 Å². The lowest BCUT2D eigenvalue weighted by Gasteiger charge is -2.44. The Morgan fingerprint density at radius 1 is 1.13 bits per heavy atom. The smallest absolute Gasteiger partial charge is 0.187 e. The minimum absolute atomic E-state index is 0.0137. The molecule has 0 amide bonds. The van der Waals surface area contributed by atoms with Gasteiger partial charge in [0.2, 0.25) is 0 Å². The van der Waals surface area contributed by atoms with Crippen LogP contribution in [0.2, 0.25) is 0 Å². The molecule has 0 bridgehead atoms. The lowest BCUT2D eigenvalue weighted by atomic mass is 9.84. The van der Waals surface area contributed by atoms with Gasteiger partial charge in [0.15, 0.2) is 5.78 Å². The van der Waals surface area contributed by atoms with Crippen LogP contribution in [0.25, 0.3) is 5.70 Å². The molecule has 0 radical (unpaired) electrons. The summed E-state index contributed by atoms with van der Waals surface area (Å²) in [6.07, 6.45) is 2.74. The maximum absolute atomic E-state index is 12.7. The molecular formula is C20H20BrNO. The molecule has 1 aliphatic heterocycles. The second-order valence-corrected chi connectivity index (χ2v) is 7.52. The number of fused-ring (bicyclic) bond motifs is 1. The molecule has 0 aliphatic carbocycles. The van der Waals surface area contributed by atoms with E-state index < -0.39 is 0 Å². The highest BCUT2D eigenvalue weighted by Gasteiger charge is 2.33. The van der Waals surface area contributed by atoms with E-state index in [2.05, 4.69) is 59.9 Å². The Balaban J connectivity index is 2.06. The van der Waals surface area contributed by atoms with Gasteiger partial charge < -0.3 is 4.90 Å². The fourth-order valence-corrected chi connectivity index (χ4v) is 3.28. The zero-order chi connectivity index (χ0) is 16.6. The molecule has 3 heteroatoms. The number of carbonyl (C=O) groups is 1. The number of carbonyl (C=O) groups excluding carboxylic acids is 1. The number of hydrogen-bond acceptors (Lipinski definition) is 2. The van der Waals surface area contributed by atoms with Crippen LogP contribution < -0.4 is 0 Å². The second kappa shape index (κ2) is 5.97. The fourth-order valence-electron chi connectivity index (χ4n) is 3.01. The molecule has 0 N–H and O–H groups in total. The average Bonchev–Trinajstić information content (AvgIpc) is 2.52. The lowest BCUT2D eigenvalue weighted by molar-refractivity contribution is 0.104. The van der Waals surface area contributed by atoms with Gasteiger partial charge in [-0.1, -0.05) is 40.2 Å². The summed E-state index contributed by atoms with van der Waals surface area (Å²) < 4.78 is 0.975. The predicted molar refractivity (Wildman–Crippen MR) is 98.4 cm³/mol. The number of allylic oxidation sites excluding steroid dienone is 1. The van der Waals surface area contributed by atoms with E-state index in [1.165, 1.54) is 5.56 Å². The van der Waals surface area contributed by atoms with Crippen molar-refractivity contribution in [2.75, 3.05) is 7.05 Å². The zero-order valence-corrected chi connectivity index (χ0v) is 15.2. The quantitative estimate of drug-likeness (QED) is 0.551. The van der Waals surface area contributed by atoms with Gasteiger partial charge in [0.1, 0.15) is 0 Å². The van der Waals surface area contributed by atoms with Crippen molar-refractivity contribution >= 4 is 27.4 Å². The third-order valence-corrected chi connectivity index (χ3v) is 5.11. The summed E-state index contributed by atoms with van der Waals surface area (Å²) in [6.45, 7) is 4.42. The first-order valence-electron chi connectivity index (χ1n) is 7.72. The van der Waals surface area contributed by atoms with Gasteiger partial charge in [-0.25, -0.2) is 0 Å². The highest BCUT2D eigenvalue weighted by atomic mass is 79.9. The number of hydrogen-bond donors (Lipinski definition) is 0. The highest BCUT2D eigenvalue weighted by molar-refractivity contribution is 9.10. The summed E-state index contributed by atoms with van der Waals surface area (Å²) in [4.78, 5) is 14.9. The highest BCUT2D eigenvalue weighted by Crippen LogP contribution is 2.36. The van der Waals surface area contributed by atoms with Crippen LogP contribution in [0.3, 0.4) is 0 Å². The van der Waals surface area contributed by atoms with Gasteiger partial charge in [-0.2, -0.15) is 0 Å². The second-order valence-electron chi connectivity index (χ2n) is 6.61. The first-order chi connectivity index (χ1) is 10.9. The van der Waals surface area contributed by atoms with Gasteiger partial charge >= 0.3 is 0 Å². The number of nitrogens with zero attached hydrogens (tertiary/aromatic N) is 1. The summed E-state index contributed by atoms with van der Waals surface area (Å²) in [6, 6.07) is 15.8. The van der Waals surface area contributed by atoms with Crippen LogP contribution >= 0.6 is 15.9 Å². The molecule has 0 atom stereocenters. The normalized spacial score (nSPS) is 17.9. The van der Waals surface area contributed by atoms with Crippen molar-refractivity contribution in [1.82, 2.24) is 4.90 Å². The first kappa shape index (κ1) is 16.0. The van der Waals surface area contributed by atoms with Crippen LogP contribution in [-0.2, 0) is 6.42 Å². The third kappa shape index (κ3) is 3.11. The van der Waals surface area contributed by atoms with Crippen LogP contribution in [0.15, 0.2) is 59.1 Å². The minimum atomic E-state index is -0.0137. The molecule has 0 saturated carbocycles. The van der Waals surface area contributed by atoms with E-state index in [4.69, 9.17) is 0 Å². The van der Waals surface area contributed by atoms with Crippen LogP contribution in [0, 0.1) is 0 Å². The van der Waals surface area contributed by atoms with Crippen LogP contribution in [0.5, 0.6) is 0 Å². The lowest BCUT2D eigenvalue weighted by Crippen LogP contribution is -2.45. The summed E-state index contributed by atoms with van der Waals surface area (Å²) >= 11 is 3.40. The first-order valence-corrected chi connectivity index (χ1v) is 8.51. The van der Waals surface area contributed by atoms with E-state index in [1.807, 2.05) is 30.3 Å². The molecule has 2 nitrogen and oxygen atoms in total. The van der Waals surface area contributed by atoms with E-state index in [0.29, 0.717) is 5.56 Å². The topological polar surface area (TPSA) is 20.3 Å². The number of halogens is 1. The van der Waals surface area contributed by atoms with Crippen molar-refractivity contribution in [3.05, 3.63) is 75.8 Å². The maximum atomic E-state index is 12.7. The van der Waals surface area contributed by atoms with Crippen molar-refractivity contribution in [2.45, 2.75) is 25.8 Å². The molecule has 1 heterocycles. The summed E-state index contributed by atoms with van der Waals surface area (Å²) in [5.74, 6) is 0.0341. The van der Waals surface area contributed by atoms with Crippen LogP contribution in [0.4, 0.5) is 0 Å². The van der Waals surface area contributed by atoms with Crippen LogP contribution in [0.1, 0.15) is 35.3 Å². The Morgan fingerprint density at radius 3 is 2.48 bits per heavy atom. The zero-order valence-electron chi connectivity index (χ0n) is 13.6. The molecule has 2 aromatic rings. The van der Waals surface area contributed by atoms with Crippen molar-refractivity contribution in [3.8, 4) is 0 Å². The standard InChI is InChI=1S/C20H20BrNO/c1-20(2)13-15-6-4-5-7-17(15)18(22(20)3)12-19(23)14-8-10-16(21)11-9-14/h4-12H,13H2,1-3H3/b18-12-. The van der Waals surface area contributed by atoms with E-state index >= 15 is 0 Å². The molecule has 3 rings (SSSR count). The van der Waals surface area contributed by atoms with E-state index in [-0.39, 0.29) is 11.3 Å². The Bertz CT molecular complexity index is 774. The number of rotatable bonds is 2. The maximum Gasteiger partial charge on any atom is 0.187 e. The van der Waals surface area contributed by atoms with Gasteiger partial charge in [0, 0.05) is 40.0 Å². The van der Waals surface area contributed by atoms with Gasteiger partial charge in [-0.05, 0) is 50.1 Å². The molecule has 0 spiro atoms. The molecule has 2 aromatic carbocycles. The number of benzene rings is 2. The molecule has 0 unspecified atom stereocenters. The van der Waals surface area contributed by atoms with Gasteiger partial charge in [0.25, 0.3) is 0 Å². The SMILES string of the molecule is CN1/C(=C\C(=O)c2ccc(Br)cc2)c2ccccc2CC1(C)C. The molecular weight excluding hydrogens is 350 g/mol. The molecule has 1 aliphatic rings. The van der Waals surface area contributed by atoms with E-state index in [0.717, 1.165) is 22.2 Å². The minimum Gasteiger partial charge on any atom is -0.369 e. The predicted octanol–water partition coefficient (Wildman–Crippen LogP) is 4.94. The largest absolute Gasteiger partial charge is 0.369 e. The summed E-state index contributed by atoms with van der Waals surface area (Å²) in [5.41, 5.74) is 4.13. The number of likely N-dealkylation sites (N-methyl/N-ethyl adjacent to an activating group) is 1. The van der Waals surface area contributed by atoms with Gasteiger partial charge in [-0.15, -0.1) is 0 Å². The Labute approximate surface area is 146 Å². The van der Waals surface area contributed by atoms with Crippen molar-refractivity contribution in [2.24, 2.45) is 0 Å². The van der Waals surface area contributed by atoms with Crippen LogP contribution in [-0.4, -0.2) is 23.3 Å². The summed E-state index contributed by atoms with van der Waals surface area (Å²) in [5, 5.41) is 0. The van der Waals surface area contributed by atoms with Gasteiger partial charge in [0.05, 0.1) is 0 Å². The van der Waals surface area contributed by atoms with Crippen molar-refractivity contribution < 1.29 is 4.79 Å². The Kier molecular flexibility index (Phi) is 4.15. The molecule has 0 fully saturated rings. The van der Waals surface area contributed by atoms with E-state index in [1.54, 1.807) is 6.08 Å². The Morgan fingerprint density at radius 2 is 1.78 bits per heavy atom. The summed E-state index contributed by atoms with van der Waals surface area (Å²) in [7, 11) is 2.07. The fraction of sp³-hybridized carbons (Fsp3) is 0.250. The van der Waals surface area contributed by atoms with Gasteiger partial charge in [-0.3, -0.25) is 4.79 Å². The average molecular weight is 370 g/mol. The number of ketones is 1. The molecule has 0 aromatic heterocycles. The molecule has 0 saturated heterocycles. The molecule has 118 valence electrons. The monoisotopic (exact) mass is 369 g/mol. The molecule has 23 heavy (non-hydrogen) atoms. The Hall–Kier alpha value is -1.87. The third-order valence-electron chi connectivity index (χ3n) is 4.58. The van der Waals surface area contributed by atoms with Crippen molar-refractivity contribution in [3.63, 3.8) is 0 Å². The van der Waals surface area contributed by atoms with E-state index in [9.17, 15) is 4.79 Å².